The van der Waals surface area contributed by atoms with Gasteiger partial charge in [0.2, 0.25) is 11.8 Å². The first-order chi connectivity index (χ1) is 21.6. The summed E-state index contributed by atoms with van der Waals surface area (Å²) in [6.07, 6.45) is 2.03. The van der Waals surface area contributed by atoms with Gasteiger partial charge in [0.25, 0.3) is 11.8 Å². The Kier molecular flexibility index (Phi) is 11.8. The molecule has 0 aliphatic heterocycles. The number of anilines is 3. The van der Waals surface area contributed by atoms with Crippen LogP contribution in [0.2, 0.25) is 10.0 Å². The molecule has 4 rings (SSSR count). The third-order valence-electron chi connectivity index (χ3n) is 6.30. The van der Waals surface area contributed by atoms with Gasteiger partial charge in [0.05, 0.1) is 5.25 Å². The maximum atomic E-state index is 13.5. The maximum absolute atomic E-state index is 13.5. The first kappa shape index (κ1) is 33.3. The van der Waals surface area contributed by atoms with Gasteiger partial charge < -0.3 is 21.3 Å². The zero-order valence-electron chi connectivity index (χ0n) is 24.4. The average Bonchev–Trinajstić information content (AvgIpc) is 3.02. The van der Waals surface area contributed by atoms with E-state index in [1.54, 1.807) is 91.0 Å². The SMILES string of the molecule is CCC(Sc1cccc(NC(=O)/C(=C\c2ccc(Cl)cc2Cl)NC(=O)c2ccccc2)c1)C(=O)Nc1ccc(NC(C)=O)cc1. The van der Waals surface area contributed by atoms with Gasteiger partial charge in [0, 0.05) is 44.5 Å². The van der Waals surface area contributed by atoms with E-state index < -0.39 is 17.1 Å². The van der Waals surface area contributed by atoms with E-state index in [1.807, 2.05) is 13.0 Å². The zero-order valence-corrected chi connectivity index (χ0v) is 26.7. The topological polar surface area (TPSA) is 116 Å². The first-order valence-electron chi connectivity index (χ1n) is 13.9. The first-order valence-corrected chi connectivity index (χ1v) is 15.5. The van der Waals surface area contributed by atoms with Gasteiger partial charge in [0.1, 0.15) is 5.70 Å². The maximum Gasteiger partial charge on any atom is 0.272 e. The van der Waals surface area contributed by atoms with Crippen LogP contribution in [0.1, 0.15) is 36.2 Å². The smallest absolute Gasteiger partial charge is 0.272 e. The molecule has 0 aliphatic carbocycles. The molecule has 230 valence electrons. The lowest BCUT2D eigenvalue weighted by Crippen LogP contribution is -2.30. The normalized spacial score (nSPS) is 11.7. The van der Waals surface area contributed by atoms with Crippen molar-refractivity contribution >= 4 is 81.7 Å². The fourth-order valence-corrected chi connectivity index (χ4v) is 5.59. The van der Waals surface area contributed by atoms with E-state index in [1.165, 1.54) is 24.8 Å². The highest BCUT2D eigenvalue weighted by Crippen LogP contribution is 2.29. The lowest BCUT2D eigenvalue weighted by atomic mass is 10.1. The lowest BCUT2D eigenvalue weighted by molar-refractivity contribution is -0.116. The number of amides is 4. The van der Waals surface area contributed by atoms with Gasteiger partial charge in [-0.3, -0.25) is 19.2 Å². The van der Waals surface area contributed by atoms with E-state index in [4.69, 9.17) is 23.2 Å². The third-order valence-corrected chi connectivity index (χ3v) is 8.22. The minimum Gasteiger partial charge on any atom is -0.326 e. The van der Waals surface area contributed by atoms with E-state index in [0.29, 0.717) is 44.7 Å². The third kappa shape index (κ3) is 9.97. The molecule has 8 nitrogen and oxygen atoms in total. The van der Waals surface area contributed by atoms with Gasteiger partial charge in [-0.15, -0.1) is 11.8 Å². The second-order valence-corrected chi connectivity index (χ2v) is 11.9. The minimum atomic E-state index is -0.569. The molecule has 0 saturated heterocycles. The molecule has 4 N–H and O–H groups in total. The van der Waals surface area contributed by atoms with Gasteiger partial charge in [-0.1, -0.05) is 60.5 Å². The van der Waals surface area contributed by atoms with Crippen molar-refractivity contribution in [3.63, 3.8) is 0 Å². The number of thioether (sulfide) groups is 1. The van der Waals surface area contributed by atoms with Crippen LogP contribution in [0.4, 0.5) is 17.1 Å². The number of hydrogen-bond acceptors (Lipinski definition) is 5. The van der Waals surface area contributed by atoms with Crippen LogP contribution < -0.4 is 21.3 Å². The zero-order chi connectivity index (χ0) is 32.3. The Balaban J connectivity index is 1.48. The van der Waals surface area contributed by atoms with E-state index in [0.717, 1.165) is 4.90 Å². The summed E-state index contributed by atoms with van der Waals surface area (Å²) in [7, 11) is 0. The summed E-state index contributed by atoms with van der Waals surface area (Å²) in [6.45, 7) is 3.34. The van der Waals surface area contributed by atoms with E-state index in [-0.39, 0.29) is 17.5 Å². The molecule has 11 heteroatoms. The Hall–Kier alpha value is -4.57. The molecule has 1 unspecified atom stereocenters. The Morgan fingerprint density at radius 2 is 1.47 bits per heavy atom. The van der Waals surface area contributed by atoms with Crippen molar-refractivity contribution in [2.75, 3.05) is 16.0 Å². The van der Waals surface area contributed by atoms with Crippen LogP contribution in [-0.2, 0) is 14.4 Å². The molecule has 0 saturated carbocycles. The molecule has 0 spiro atoms. The molecule has 0 heterocycles. The largest absolute Gasteiger partial charge is 0.326 e. The second kappa shape index (κ2) is 15.9. The molecule has 4 aromatic rings. The monoisotopic (exact) mass is 660 g/mol. The van der Waals surface area contributed by atoms with E-state index >= 15 is 0 Å². The van der Waals surface area contributed by atoms with Crippen molar-refractivity contribution < 1.29 is 19.2 Å². The summed E-state index contributed by atoms with van der Waals surface area (Å²) < 4.78 is 0. The van der Waals surface area contributed by atoms with E-state index in [2.05, 4.69) is 21.3 Å². The lowest BCUT2D eigenvalue weighted by Gasteiger charge is -2.16. The van der Waals surface area contributed by atoms with Crippen LogP contribution in [0.25, 0.3) is 6.08 Å². The minimum absolute atomic E-state index is 0.0264. The molecule has 0 aliphatic rings. The van der Waals surface area contributed by atoms with Crippen molar-refractivity contribution in [3.8, 4) is 0 Å². The van der Waals surface area contributed by atoms with Crippen LogP contribution in [0.3, 0.4) is 0 Å². The summed E-state index contributed by atoms with van der Waals surface area (Å²) >= 11 is 13.7. The number of carbonyl (C=O) groups is 4. The highest BCUT2D eigenvalue weighted by atomic mass is 35.5. The Bertz CT molecular complexity index is 1730. The molecule has 0 radical (unpaired) electrons. The molecule has 1 atom stereocenters. The van der Waals surface area contributed by atoms with Gasteiger partial charge >= 0.3 is 0 Å². The van der Waals surface area contributed by atoms with Gasteiger partial charge in [-0.25, -0.2) is 0 Å². The Labute approximate surface area is 275 Å². The predicted octanol–water partition coefficient (Wildman–Crippen LogP) is 7.87. The van der Waals surface area contributed by atoms with Gasteiger partial charge in [-0.2, -0.15) is 0 Å². The molecule has 45 heavy (non-hydrogen) atoms. The van der Waals surface area contributed by atoms with Gasteiger partial charge in [-0.05, 0) is 84.8 Å². The molecule has 4 aromatic carbocycles. The Morgan fingerprint density at radius 1 is 0.778 bits per heavy atom. The predicted molar refractivity (Wildman–Crippen MR) is 183 cm³/mol. The number of rotatable bonds is 11. The number of halogens is 2. The van der Waals surface area contributed by atoms with Crippen LogP contribution in [0.5, 0.6) is 0 Å². The molecule has 0 bridgehead atoms. The van der Waals surface area contributed by atoms with Crippen LogP contribution in [0, 0.1) is 0 Å². The average molecular weight is 662 g/mol. The number of hydrogen-bond donors (Lipinski definition) is 4. The van der Waals surface area contributed by atoms with Crippen LogP contribution >= 0.6 is 35.0 Å². The fraction of sp³-hybridized carbons (Fsp3) is 0.118. The van der Waals surface area contributed by atoms with Crippen molar-refractivity contribution in [2.24, 2.45) is 0 Å². The van der Waals surface area contributed by atoms with Crippen LogP contribution in [-0.4, -0.2) is 28.9 Å². The molecular weight excluding hydrogens is 631 g/mol. The Morgan fingerprint density at radius 3 is 2.11 bits per heavy atom. The summed E-state index contributed by atoms with van der Waals surface area (Å²) in [4.78, 5) is 51.5. The number of nitrogens with one attached hydrogen (secondary N) is 4. The van der Waals surface area contributed by atoms with Crippen molar-refractivity contribution in [1.82, 2.24) is 5.32 Å². The van der Waals surface area contributed by atoms with Gasteiger partial charge in [0.15, 0.2) is 0 Å². The molecule has 0 aromatic heterocycles. The highest BCUT2D eigenvalue weighted by Gasteiger charge is 2.20. The molecule has 4 amide bonds. The molecular formula is C34H30Cl2N4O4S. The summed E-state index contributed by atoms with van der Waals surface area (Å²) in [5.74, 6) is -1.39. The van der Waals surface area contributed by atoms with E-state index in [9.17, 15) is 19.2 Å². The van der Waals surface area contributed by atoms with Crippen molar-refractivity contribution in [1.29, 1.82) is 0 Å². The standard InChI is InChI=1S/C34H30Cl2N4O4S/c1-3-31(34(44)38-26-16-14-25(15-17-26)37-21(2)41)45-28-11-7-10-27(20-28)39-33(43)30(18-23-12-13-24(35)19-29(23)36)40-32(42)22-8-5-4-6-9-22/h4-20,31H,3H2,1-2H3,(H,37,41)(H,38,44)(H,39,43)(H,40,42)/b30-18+. The van der Waals surface area contributed by atoms with Crippen LogP contribution in [0.15, 0.2) is 108 Å². The summed E-state index contributed by atoms with van der Waals surface area (Å²) in [5, 5.41) is 11.5. The number of benzene rings is 4. The second-order valence-electron chi connectivity index (χ2n) is 9.79. The van der Waals surface area contributed by atoms with Crippen molar-refractivity contribution in [2.45, 2.75) is 30.4 Å². The molecule has 0 fully saturated rings. The summed E-state index contributed by atoms with van der Waals surface area (Å²) in [5.41, 5.74) is 2.55. The summed E-state index contributed by atoms with van der Waals surface area (Å²) in [6, 6.07) is 27.3. The quantitative estimate of drug-likeness (QED) is 0.0965. The highest BCUT2D eigenvalue weighted by molar-refractivity contribution is 8.00. The fourth-order valence-electron chi connectivity index (χ4n) is 4.11. The van der Waals surface area contributed by atoms with Crippen molar-refractivity contribution in [3.05, 3.63) is 124 Å². The number of carbonyl (C=O) groups excluding carboxylic acids is 4.